The first-order chi connectivity index (χ1) is 9.77. The molecule has 1 amide bonds. The summed E-state index contributed by atoms with van der Waals surface area (Å²) < 4.78 is 38.4. The monoisotopic (exact) mass is 295 g/mol. The summed E-state index contributed by atoms with van der Waals surface area (Å²) in [5.74, 6) is -0.605. The zero-order valence-corrected chi connectivity index (χ0v) is 11.0. The van der Waals surface area contributed by atoms with E-state index >= 15 is 0 Å². The maximum atomic E-state index is 12.8. The van der Waals surface area contributed by atoms with Crippen molar-refractivity contribution in [2.75, 3.05) is 11.1 Å². The maximum Gasteiger partial charge on any atom is 0.416 e. The van der Waals surface area contributed by atoms with Gasteiger partial charge in [0, 0.05) is 5.69 Å². The van der Waals surface area contributed by atoms with Gasteiger partial charge in [-0.25, -0.2) is 4.98 Å². The number of nitrogens with one attached hydrogen (secondary N) is 1. The normalized spacial score (nSPS) is 11.2. The number of hydrogen-bond donors (Lipinski definition) is 2. The van der Waals surface area contributed by atoms with Gasteiger partial charge in [-0.3, -0.25) is 4.79 Å². The predicted octanol–water partition coefficient (Wildman–Crippen LogP) is 3.24. The molecule has 1 heterocycles. The number of nitrogen functional groups attached to an aromatic ring is 1. The summed E-state index contributed by atoms with van der Waals surface area (Å²) in [6, 6.07) is 6.47. The molecule has 0 atom stereocenters. The van der Waals surface area contributed by atoms with E-state index in [1.165, 1.54) is 37.4 Å². The van der Waals surface area contributed by atoms with Gasteiger partial charge in [0.15, 0.2) is 0 Å². The second-order valence-electron chi connectivity index (χ2n) is 4.46. The average molecular weight is 295 g/mol. The molecule has 2 aromatic rings. The van der Waals surface area contributed by atoms with Crippen LogP contribution in [0.4, 0.5) is 24.5 Å². The van der Waals surface area contributed by atoms with Crippen molar-refractivity contribution in [3.63, 3.8) is 0 Å². The van der Waals surface area contributed by atoms with Crippen molar-refractivity contribution in [1.82, 2.24) is 4.98 Å². The summed E-state index contributed by atoms with van der Waals surface area (Å²) in [6.07, 6.45) is -3.17. The molecule has 7 heteroatoms. The summed E-state index contributed by atoms with van der Waals surface area (Å²) in [5, 5.41) is 2.38. The first kappa shape index (κ1) is 14.8. The van der Waals surface area contributed by atoms with E-state index in [9.17, 15) is 18.0 Å². The van der Waals surface area contributed by atoms with Crippen molar-refractivity contribution in [3.8, 4) is 0 Å². The number of aromatic nitrogens is 1. The maximum absolute atomic E-state index is 12.8. The Hall–Kier alpha value is -2.57. The van der Waals surface area contributed by atoms with E-state index in [-0.39, 0.29) is 16.9 Å². The van der Waals surface area contributed by atoms with Crippen LogP contribution in [-0.4, -0.2) is 10.9 Å². The van der Waals surface area contributed by atoms with E-state index in [2.05, 4.69) is 10.3 Å². The Morgan fingerprint density at radius 2 is 1.95 bits per heavy atom. The number of anilines is 2. The standard InChI is InChI=1S/C14H12F3N3O/c1-8-2-4-10(6-11(8)14(15,16)17)20-13(21)12-5-3-9(18)7-19-12/h2-7H,18H2,1H3,(H,20,21). The minimum Gasteiger partial charge on any atom is -0.397 e. The van der Waals surface area contributed by atoms with Crippen molar-refractivity contribution in [3.05, 3.63) is 53.3 Å². The van der Waals surface area contributed by atoms with Gasteiger partial charge in [-0.15, -0.1) is 0 Å². The van der Waals surface area contributed by atoms with E-state index in [0.717, 1.165) is 6.07 Å². The highest BCUT2D eigenvalue weighted by atomic mass is 19.4. The summed E-state index contributed by atoms with van der Waals surface area (Å²) in [5.41, 5.74) is 5.26. The summed E-state index contributed by atoms with van der Waals surface area (Å²) >= 11 is 0. The summed E-state index contributed by atoms with van der Waals surface area (Å²) in [6.45, 7) is 1.36. The lowest BCUT2D eigenvalue weighted by molar-refractivity contribution is -0.138. The lowest BCUT2D eigenvalue weighted by atomic mass is 10.1. The Labute approximate surface area is 118 Å². The predicted molar refractivity (Wildman–Crippen MR) is 72.8 cm³/mol. The molecule has 3 N–H and O–H groups in total. The molecule has 0 radical (unpaired) electrons. The highest BCUT2D eigenvalue weighted by Gasteiger charge is 2.32. The number of carbonyl (C=O) groups is 1. The Morgan fingerprint density at radius 3 is 2.52 bits per heavy atom. The van der Waals surface area contributed by atoms with E-state index in [1.54, 1.807) is 0 Å². The molecule has 0 unspecified atom stereocenters. The lowest BCUT2D eigenvalue weighted by Crippen LogP contribution is -2.15. The number of aryl methyl sites for hydroxylation is 1. The van der Waals surface area contributed by atoms with Crippen LogP contribution in [0.25, 0.3) is 0 Å². The molecule has 1 aromatic heterocycles. The molecule has 0 aliphatic heterocycles. The number of nitrogens with two attached hydrogens (primary N) is 1. The average Bonchev–Trinajstić information content (AvgIpc) is 2.40. The number of nitrogens with zero attached hydrogens (tertiary/aromatic N) is 1. The number of carbonyl (C=O) groups excluding carboxylic acids is 1. The van der Waals surface area contributed by atoms with Gasteiger partial charge in [0.05, 0.1) is 17.4 Å². The second-order valence-corrected chi connectivity index (χ2v) is 4.46. The molecule has 4 nitrogen and oxygen atoms in total. The molecule has 0 spiro atoms. The van der Waals surface area contributed by atoms with Gasteiger partial charge in [-0.05, 0) is 36.8 Å². The number of amides is 1. The Bertz CT molecular complexity index is 666. The molecule has 1 aromatic carbocycles. The molecular weight excluding hydrogens is 283 g/mol. The van der Waals surface area contributed by atoms with Crippen molar-refractivity contribution < 1.29 is 18.0 Å². The third-order valence-corrected chi connectivity index (χ3v) is 2.82. The van der Waals surface area contributed by atoms with Crippen LogP contribution in [0.3, 0.4) is 0 Å². The molecule has 0 aliphatic rings. The zero-order valence-electron chi connectivity index (χ0n) is 11.0. The number of alkyl halides is 3. The van der Waals surface area contributed by atoms with Gasteiger partial charge in [0.2, 0.25) is 0 Å². The van der Waals surface area contributed by atoms with E-state index in [4.69, 9.17) is 5.73 Å². The SMILES string of the molecule is Cc1ccc(NC(=O)c2ccc(N)cn2)cc1C(F)(F)F. The van der Waals surface area contributed by atoms with Crippen molar-refractivity contribution in [2.24, 2.45) is 0 Å². The molecule has 110 valence electrons. The quantitative estimate of drug-likeness (QED) is 0.893. The molecule has 0 fully saturated rings. The fraction of sp³-hybridized carbons (Fsp3) is 0.143. The lowest BCUT2D eigenvalue weighted by Gasteiger charge is -2.12. The Balaban J connectivity index is 2.24. The molecule has 21 heavy (non-hydrogen) atoms. The molecule has 2 rings (SSSR count). The smallest absolute Gasteiger partial charge is 0.397 e. The highest BCUT2D eigenvalue weighted by Crippen LogP contribution is 2.33. The number of halogens is 3. The Kier molecular flexibility index (Phi) is 3.84. The van der Waals surface area contributed by atoms with E-state index in [0.29, 0.717) is 5.69 Å². The summed E-state index contributed by atoms with van der Waals surface area (Å²) in [7, 11) is 0. The van der Waals surface area contributed by atoms with Crippen molar-refractivity contribution in [2.45, 2.75) is 13.1 Å². The van der Waals surface area contributed by atoms with Crippen LogP contribution in [0, 0.1) is 6.92 Å². The zero-order chi connectivity index (χ0) is 15.6. The topological polar surface area (TPSA) is 68.0 Å². The molecule has 0 saturated carbocycles. The third kappa shape index (κ3) is 3.50. The Morgan fingerprint density at radius 1 is 1.24 bits per heavy atom. The minimum absolute atomic E-state index is 0.0524. The molecular formula is C14H12F3N3O. The number of benzene rings is 1. The van der Waals surface area contributed by atoms with Gasteiger partial charge < -0.3 is 11.1 Å². The molecule has 0 aliphatic carbocycles. The first-order valence-electron chi connectivity index (χ1n) is 5.98. The third-order valence-electron chi connectivity index (χ3n) is 2.82. The largest absolute Gasteiger partial charge is 0.416 e. The van der Waals surface area contributed by atoms with E-state index < -0.39 is 17.6 Å². The van der Waals surface area contributed by atoms with Crippen LogP contribution in [0.15, 0.2) is 36.5 Å². The first-order valence-corrected chi connectivity index (χ1v) is 5.98. The summed E-state index contributed by atoms with van der Waals surface area (Å²) in [4.78, 5) is 15.7. The fourth-order valence-electron chi connectivity index (χ4n) is 1.74. The van der Waals surface area contributed by atoms with Gasteiger partial charge in [0.25, 0.3) is 5.91 Å². The second kappa shape index (κ2) is 5.43. The van der Waals surface area contributed by atoms with Gasteiger partial charge in [-0.2, -0.15) is 13.2 Å². The van der Waals surface area contributed by atoms with Gasteiger partial charge >= 0.3 is 6.18 Å². The van der Waals surface area contributed by atoms with Gasteiger partial charge in [0.1, 0.15) is 5.69 Å². The van der Waals surface area contributed by atoms with Crippen LogP contribution in [-0.2, 0) is 6.18 Å². The van der Waals surface area contributed by atoms with Crippen LogP contribution < -0.4 is 11.1 Å². The van der Waals surface area contributed by atoms with Crippen LogP contribution >= 0.6 is 0 Å². The highest BCUT2D eigenvalue weighted by molar-refractivity contribution is 6.03. The molecule has 0 saturated heterocycles. The number of hydrogen-bond acceptors (Lipinski definition) is 3. The van der Waals surface area contributed by atoms with Crippen LogP contribution in [0.1, 0.15) is 21.6 Å². The van der Waals surface area contributed by atoms with Crippen molar-refractivity contribution in [1.29, 1.82) is 0 Å². The molecule has 0 bridgehead atoms. The van der Waals surface area contributed by atoms with Crippen molar-refractivity contribution >= 4 is 17.3 Å². The van der Waals surface area contributed by atoms with Crippen LogP contribution in [0.2, 0.25) is 0 Å². The minimum atomic E-state index is -4.47. The van der Waals surface area contributed by atoms with Crippen LogP contribution in [0.5, 0.6) is 0 Å². The number of rotatable bonds is 2. The van der Waals surface area contributed by atoms with E-state index in [1.807, 2.05) is 0 Å². The fourth-order valence-corrected chi connectivity index (χ4v) is 1.74. The number of pyridine rings is 1. The van der Waals surface area contributed by atoms with Gasteiger partial charge in [-0.1, -0.05) is 6.07 Å².